The van der Waals surface area contributed by atoms with Gasteiger partial charge in [-0.05, 0) is 42.6 Å². The zero-order chi connectivity index (χ0) is 15.9. The number of benzene rings is 1. The largest absolute Gasteiger partial charge is 0.497 e. The molecule has 0 fully saturated rings. The average molecular weight is 320 g/mol. The molecule has 0 aliphatic heterocycles. The van der Waals surface area contributed by atoms with Gasteiger partial charge in [0.15, 0.2) is 0 Å². The van der Waals surface area contributed by atoms with Crippen LogP contribution in [-0.4, -0.2) is 25.7 Å². The van der Waals surface area contributed by atoms with E-state index in [9.17, 15) is 9.59 Å². The summed E-state index contributed by atoms with van der Waals surface area (Å²) in [5, 5.41) is 1.81. The average Bonchev–Trinajstić information content (AvgIpc) is 3.06. The molecule has 22 heavy (non-hydrogen) atoms. The summed E-state index contributed by atoms with van der Waals surface area (Å²) in [6.07, 6.45) is -1.05. The minimum Gasteiger partial charge on any atom is -0.497 e. The Hall–Kier alpha value is -2.34. The molecule has 1 aromatic heterocycles. The van der Waals surface area contributed by atoms with Crippen molar-refractivity contribution in [3.8, 4) is 5.75 Å². The molecule has 0 saturated heterocycles. The number of hydrogen-bond acceptors (Lipinski definition) is 6. The van der Waals surface area contributed by atoms with Crippen molar-refractivity contribution in [2.24, 2.45) is 0 Å². The smallest absolute Gasteiger partial charge is 0.353 e. The van der Waals surface area contributed by atoms with Gasteiger partial charge < -0.3 is 14.2 Å². The van der Waals surface area contributed by atoms with Gasteiger partial charge in [-0.1, -0.05) is 6.07 Å². The highest BCUT2D eigenvalue weighted by atomic mass is 32.1. The minimum atomic E-state index is -1.05. The molecule has 0 saturated carbocycles. The van der Waals surface area contributed by atoms with E-state index in [4.69, 9.17) is 14.2 Å². The van der Waals surface area contributed by atoms with E-state index in [1.807, 2.05) is 5.38 Å². The normalized spacial score (nSPS) is 11.5. The zero-order valence-corrected chi connectivity index (χ0v) is 13.1. The first-order valence-electron chi connectivity index (χ1n) is 6.70. The summed E-state index contributed by atoms with van der Waals surface area (Å²) in [5.74, 6) is -0.530. The van der Waals surface area contributed by atoms with Crippen LogP contribution in [0, 0.1) is 0 Å². The van der Waals surface area contributed by atoms with Gasteiger partial charge in [0.05, 0.1) is 24.2 Å². The molecule has 116 valence electrons. The topological polar surface area (TPSA) is 61.8 Å². The summed E-state index contributed by atoms with van der Waals surface area (Å²) in [5.41, 5.74) is 0.339. The van der Waals surface area contributed by atoms with Gasteiger partial charge in [0.2, 0.25) is 6.10 Å². The van der Waals surface area contributed by atoms with Crippen molar-refractivity contribution >= 4 is 23.3 Å². The van der Waals surface area contributed by atoms with Crippen LogP contribution in [0.1, 0.15) is 28.3 Å². The van der Waals surface area contributed by atoms with Crippen molar-refractivity contribution in [3.63, 3.8) is 0 Å². The van der Waals surface area contributed by atoms with Crippen LogP contribution in [-0.2, 0) is 14.3 Å². The van der Waals surface area contributed by atoms with Crippen LogP contribution in [0.15, 0.2) is 41.8 Å². The fourth-order valence-electron chi connectivity index (χ4n) is 1.78. The number of carbonyl (C=O) groups is 2. The fraction of sp³-hybridized carbons (Fsp3) is 0.250. The molecule has 5 nitrogen and oxygen atoms in total. The summed E-state index contributed by atoms with van der Waals surface area (Å²) < 4.78 is 15.3. The molecule has 0 radical (unpaired) electrons. The molecule has 0 bridgehead atoms. The molecule has 1 heterocycles. The van der Waals surface area contributed by atoms with Gasteiger partial charge in [0, 0.05) is 0 Å². The molecule has 6 heteroatoms. The SMILES string of the molecule is CCOC(=O)C(OC(=O)c1ccc(OC)cc1)c1cccs1. The maximum atomic E-state index is 12.2. The van der Waals surface area contributed by atoms with Crippen LogP contribution in [0.3, 0.4) is 0 Å². The van der Waals surface area contributed by atoms with Crippen LogP contribution in [0.5, 0.6) is 5.75 Å². The van der Waals surface area contributed by atoms with Gasteiger partial charge in [0.25, 0.3) is 0 Å². The van der Waals surface area contributed by atoms with Crippen molar-refractivity contribution < 1.29 is 23.8 Å². The van der Waals surface area contributed by atoms with Crippen molar-refractivity contribution in [2.75, 3.05) is 13.7 Å². The summed E-state index contributed by atoms with van der Waals surface area (Å²) in [4.78, 5) is 24.8. The van der Waals surface area contributed by atoms with E-state index >= 15 is 0 Å². The second-order valence-electron chi connectivity index (χ2n) is 4.28. The zero-order valence-electron chi connectivity index (χ0n) is 12.3. The Morgan fingerprint density at radius 2 is 1.91 bits per heavy atom. The van der Waals surface area contributed by atoms with Gasteiger partial charge >= 0.3 is 11.9 Å². The van der Waals surface area contributed by atoms with Crippen LogP contribution in [0.4, 0.5) is 0 Å². The maximum absolute atomic E-state index is 12.2. The first-order chi connectivity index (χ1) is 10.7. The third-order valence-electron chi connectivity index (χ3n) is 2.85. The first kappa shape index (κ1) is 16.0. The molecular formula is C16H16O5S. The molecule has 2 aromatic rings. The summed E-state index contributed by atoms with van der Waals surface area (Å²) in [6, 6.07) is 9.98. The molecule has 0 aliphatic carbocycles. The Kier molecular flexibility index (Phi) is 5.55. The second-order valence-corrected chi connectivity index (χ2v) is 5.26. The molecule has 1 unspecified atom stereocenters. The predicted octanol–water partition coefficient (Wildman–Crippen LogP) is 3.22. The van der Waals surface area contributed by atoms with Crippen LogP contribution in [0.25, 0.3) is 0 Å². The molecule has 0 spiro atoms. The van der Waals surface area contributed by atoms with Gasteiger partial charge in [0.1, 0.15) is 5.75 Å². The van der Waals surface area contributed by atoms with Crippen LogP contribution in [0.2, 0.25) is 0 Å². The Labute approximate surface area is 132 Å². The van der Waals surface area contributed by atoms with Crippen molar-refractivity contribution in [1.29, 1.82) is 0 Å². The second kappa shape index (κ2) is 7.61. The standard InChI is InChI=1S/C16H16O5S/c1-3-20-16(18)14(13-5-4-10-22-13)21-15(17)11-6-8-12(19-2)9-7-11/h4-10,14H,3H2,1-2H3. The lowest BCUT2D eigenvalue weighted by Gasteiger charge is -2.15. The Bertz CT molecular complexity index is 618. The lowest BCUT2D eigenvalue weighted by Crippen LogP contribution is -2.21. The van der Waals surface area contributed by atoms with Crippen molar-refractivity contribution in [1.82, 2.24) is 0 Å². The molecular weight excluding hydrogens is 304 g/mol. The highest BCUT2D eigenvalue weighted by Crippen LogP contribution is 2.25. The molecule has 2 rings (SSSR count). The van der Waals surface area contributed by atoms with E-state index in [1.54, 1.807) is 50.4 Å². The highest BCUT2D eigenvalue weighted by molar-refractivity contribution is 7.10. The van der Waals surface area contributed by atoms with Crippen LogP contribution < -0.4 is 4.74 Å². The lowest BCUT2D eigenvalue weighted by atomic mass is 10.2. The maximum Gasteiger partial charge on any atom is 0.353 e. The monoisotopic (exact) mass is 320 g/mol. The van der Waals surface area contributed by atoms with E-state index in [0.717, 1.165) is 0 Å². The molecule has 1 aromatic carbocycles. The molecule has 0 aliphatic rings. The summed E-state index contributed by atoms with van der Waals surface area (Å²) in [6.45, 7) is 1.93. The number of ether oxygens (including phenoxy) is 3. The Morgan fingerprint density at radius 1 is 1.18 bits per heavy atom. The third kappa shape index (κ3) is 3.85. The third-order valence-corrected chi connectivity index (χ3v) is 3.77. The van der Waals surface area contributed by atoms with Gasteiger partial charge in [-0.25, -0.2) is 9.59 Å². The predicted molar refractivity (Wildman–Crippen MR) is 82.1 cm³/mol. The van der Waals surface area contributed by atoms with Crippen molar-refractivity contribution in [3.05, 3.63) is 52.2 Å². The Morgan fingerprint density at radius 3 is 2.45 bits per heavy atom. The number of esters is 2. The van der Waals surface area contributed by atoms with Gasteiger partial charge in [-0.15, -0.1) is 11.3 Å². The number of methoxy groups -OCH3 is 1. The van der Waals surface area contributed by atoms with Gasteiger partial charge in [-0.2, -0.15) is 0 Å². The van der Waals surface area contributed by atoms with E-state index in [0.29, 0.717) is 16.2 Å². The molecule has 1 atom stereocenters. The summed E-state index contributed by atoms with van der Waals surface area (Å²) in [7, 11) is 1.54. The number of thiophene rings is 1. The van der Waals surface area contributed by atoms with E-state index in [1.165, 1.54) is 11.3 Å². The van der Waals surface area contributed by atoms with Gasteiger partial charge in [-0.3, -0.25) is 0 Å². The molecule has 0 N–H and O–H groups in total. The quantitative estimate of drug-likeness (QED) is 0.765. The number of carbonyl (C=O) groups excluding carboxylic acids is 2. The van der Waals surface area contributed by atoms with E-state index < -0.39 is 18.0 Å². The summed E-state index contributed by atoms with van der Waals surface area (Å²) >= 11 is 1.33. The molecule has 0 amide bonds. The minimum absolute atomic E-state index is 0.223. The van der Waals surface area contributed by atoms with E-state index in [-0.39, 0.29) is 6.61 Å². The lowest BCUT2D eigenvalue weighted by molar-refractivity contribution is -0.153. The fourth-order valence-corrected chi connectivity index (χ4v) is 2.52. The van der Waals surface area contributed by atoms with E-state index in [2.05, 4.69) is 0 Å². The number of rotatable bonds is 6. The van der Waals surface area contributed by atoms with Crippen LogP contribution >= 0.6 is 11.3 Å². The number of hydrogen-bond donors (Lipinski definition) is 0. The Balaban J connectivity index is 2.15. The van der Waals surface area contributed by atoms with Crippen molar-refractivity contribution in [2.45, 2.75) is 13.0 Å². The highest BCUT2D eigenvalue weighted by Gasteiger charge is 2.27. The first-order valence-corrected chi connectivity index (χ1v) is 7.58.